The van der Waals surface area contributed by atoms with Gasteiger partial charge in [0.05, 0.1) is 6.10 Å². The van der Waals surface area contributed by atoms with Gasteiger partial charge in [-0.2, -0.15) is 15.7 Å². The summed E-state index contributed by atoms with van der Waals surface area (Å²) in [6, 6.07) is 1.94. The first-order chi connectivity index (χ1) is 8.33. The number of nitrogens with zero attached hydrogens (tertiary/aromatic N) is 2. The fourth-order valence-corrected chi connectivity index (χ4v) is 2.94. The van der Waals surface area contributed by atoms with E-state index in [0.29, 0.717) is 12.5 Å². The molecule has 1 unspecified atom stereocenters. The van der Waals surface area contributed by atoms with Gasteiger partial charge in [0.25, 0.3) is 0 Å². The molecule has 17 heavy (non-hydrogen) atoms. The second kappa shape index (κ2) is 4.72. The lowest BCUT2D eigenvalue weighted by Crippen LogP contribution is -2.11. The minimum atomic E-state index is -0.477. The Morgan fingerprint density at radius 3 is 3.12 bits per heavy atom. The molecule has 2 aromatic heterocycles. The number of aliphatic hydroxyl groups is 1. The number of thiophene rings is 1. The van der Waals surface area contributed by atoms with Gasteiger partial charge in [-0.05, 0) is 35.2 Å². The number of anilines is 1. The molecule has 1 fully saturated rings. The number of hydrogen-bond acceptors (Lipinski definition) is 6. The molecule has 0 spiro atoms. The Morgan fingerprint density at radius 2 is 2.41 bits per heavy atom. The van der Waals surface area contributed by atoms with Crippen LogP contribution in [0.4, 0.5) is 5.13 Å². The first-order valence-corrected chi connectivity index (χ1v) is 7.32. The van der Waals surface area contributed by atoms with Gasteiger partial charge in [-0.15, -0.1) is 0 Å². The zero-order valence-corrected chi connectivity index (χ0v) is 10.8. The molecule has 1 aliphatic rings. The van der Waals surface area contributed by atoms with Crippen LogP contribution in [0, 0.1) is 0 Å². The highest BCUT2D eigenvalue weighted by molar-refractivity contribution is 7.09. The van der Waals surface area contributed by atoms with Crippen LogP contribution in [0.5, 0.6) is 0 Å². The van der Waals surface area contributed by atoms with Crippen LogP contribution in [0.2, 0.25) is 0 Å². The maximum atomic E-state index is 9.90. The highest BCUT2D eigenvalue weighted by Gasteiger charge is 2.27. The maximum absolute atomic E-state index is 9.90. The predicted octanol–water partition coefficient (Wildman–Crippen LogP) is 2.62. The number of aromatic nitrogens is 2. The molecular formula is C11H13N3OS2. The van der Waals surface area contributed by atoms with Crippen molar-refractivity contribution in [1.82, 2.24) is 9.36 Å². The summed E-state index contributed by atoms with van der Waals surface area (Å²) in [7, 11) is 0. The molecule has 1 atom stereocenters. The van der Waals surface area contributed by atoms with E-state index < -0.39 is 6.10 Å². The molecule has 0 aromatic carbocycles. The Morgan fingerprint density at radius 1 is 1.53 bits per heavy atom. The third-order valence-corrected chi connectivity index (χ3v) is 4.15. The minimum Gasteiger partial charge on any atom is -0.387 e. The van der Waals surface area contributed by atoms with Crippen LogP contribution in [0.25, 0.3) is 0 Å². The molecule has 0 radical (unpaired) electrons. The summed E-state index contributed by atoms with van der Waals surface area (Å²) in [4.78, 5) is 4.41. The number of hydrogen-bond donors (Lipinski definition) is 2. The van der Waals surface area contributed by atoms with Crippen LogP contribution in [0.3, 0.4) is 0 Å². The summed E-state index contributed by atoms with van der Waals surface area (Å²) < 4.78 is 4.31. The molecule has 1 saturated carbocycles. The van der Waals surface area contributed by atoms with Crippen molar-refractivity contribution in [1.29, 1.82) is 0 Å². The molecule has 2 heterocycles. The van der Waals surface area contributed by atoms with Crippen LogP contribution < -0.4 is 5.32 Å². The van der Waals surface area contributed by atoms with Gasteiger partial charge in [0.15, 0.2) is 0 Å². The largest absolute Gasteiger partial charge is 0.387 e. The first kappa shape index (κ1) is 11.1. The molecule has 1 aliphatic carbocycles. The number of rotatable bonds is 5. The fourth-order valence-electron chi connectivity index (χ4n) is 1.58. The van der Waals surface area contributed by atoms with E-state index in [1.807, 2.05) is 16.8 Å². The lowest BCUT2D eigenvalue weighted by molar-refractivity contribution is 0.192. The Kier molecular flexibility index (Phi) is 3.09. The van der Waals surface area contributed by atoms with Gasteiger partial charge in [-0.3, -0.25) is 0 Å². The average Bonchev–Trinajstić information content (AvgIpc) is 2.88. The van der Waals surface area contributed by atoms with Gasteiger partial charge in [-0.25, -0.2) is 4.98 Å². The number of nitrogens with one attached hydrogen (secondary N) is 1. The van der Waals surface area contributed by atoms with Crippen LogP contribution in [-0.4, -0.2) is 21.0 Å². The molecule has 2 N–H and O–H groups in total. The number of aliphatic hydroxyl groups excluding tert-OH is 1. The third-order valence-electron chi connectivity index (χ3n) is 2.76. The summed E-state index contributed by atoms with van der Waals surface area (Å²) >= 11 is 2.97. The van der Waals surface area contributed by atoms with Crippen molar-refractivity contribution < 1.29 is 5.11 Å². The topological polar surface area (TPSA) is 58.0 Å². The van der Waals surface area contributed by atoms with E-state index in [4.69, 9.17) is 0 Å². The van der Waals surface area contributed by atoms with Crippen LogP contribution in [-0.2, 0) is 0 Å². The molecule has 90 valence electrons. The lowest BCUT2D eigenvalue weighted by atomic mass is 10.2. The van der Waals surface area contributed by atoms with Gasteiger partial charge in [0.2, 0.25) is 5.13 Å². The molecule has 2 aromatic rings. The lowest BCUT2D eigenvalue weighted by Gasteiger charge is -2.08. The standard InChI is InChI=1S/C11H13N3OS2/c15-9(8-3-4-16-6-8)5-12-11-13-10(14-17-11)7-1-2-7/h3-4,6-7,9,15H,1-2,5H2,(H,12,13,14). The summed E-state index contributed by atoms with van der Waals surface area (Å²) in [5.74, 6) is 1.55. The van der Waals surface area contributed by atoms with Gasteiger partial charge in [0, 0.05) is 24.0 Å². The van der Waals surface area contributed by atoms with Crippen LogP contribution >= 0.6 is 22.9 Å². The van der Waals surface area contributed by atoms with Gasteiger partial charge in [-0.1, -0.05) is 0 Å². The SMILES string of the molecule is OC(CNc1nc(C2CC2)ns1)c1ccsc1. The van der Waals surface area contributed by atoms with E-state index in [9.17, 15) is 5.11 Å². The minimum absolute atomic E-state index is 0.477. The van der Waals surface area contributed by atoms with Crippen molar-refractivity contribution in [2.75, 3.05) is 11.9 Å². The Balaban J connectivity index is 1.56. The van der Waals surface area contributed by atoms with E-state index in [-0.39, 0.29) is 0 Å². The van der Waals surface area contributed by atoms with Gasteiger partial charge in [0.1, 0.15) is 5.82 Å². The van der Waals surface area contributed by atoms with E-state index in [0.717, 1.165) is 16.5 Å². The van der Waals surface area contributed by atoms with Gasteiger partial charge >= 0.3 is 0 Å². The van der Waals surface area contributed by atoms with Crippen molar-refractivity contribution in [3.8, 4) is 0 Å². The van der Waals surface area contributed by atoms with E-state index in [2.05, 4.69) is 14.7 Å². The summed E-state index contributed by atoms with van der Waals surface area (Å²) in [6.45, 7) is 0.482. The molecule has 3 rings (SSSR count). The fraction of sp³-hybridized carbons (Fsp3) is 0.455. The Hall–Kier alpha value is -0.980. The normalized spacial score (nSPS) is 17.0. The molecule has 0 bridgehead atoms. The van der Waals surface area contributed by atoms with Crippen LogP contribution in [0.1, 0.15) is 36.3 Å². The Labute approximate surface area is 108 Å². The van der Waals surface area contributed by atoms with Crippen molar-refractivity contribution in [2.24, 2.45) is 0 Å². The van der Waals surface area contributed by atoms with Crippen molar-refractivity contribution >= 4 is 28.0 Å². The average molecular weight is 267 g/mol. The molecule has 0 saturated heterocycles. The first-order valence-electron chi connectivity index (χ1n) is 5.60. The molecule has 0 amide bonds. The monoisotopic (exact) mass is 267 g/mol. The highest BCUT2D eigenvalue weighted by atomic mass is 32.1. The smallest absolute Gasteiger partial charge is 0.202 e. The van der Waals surface area contributed by atoms with Crippen molar-refractivity contribution in [2.45, 2.75) is 24.9 Å². The zero-order chi connectivity index (χ0) is 11.7. The molecule has 6 heteroatoms. The molecule has 0 aliphatic heterocycles. The second-order valence-corrected chi connectivity index (χ2v) is 5.72. The summed E-state index contributed by atoms with van der Waals surface area (Å²) in [5.41, 5.74) is 0.953. The second-order valence-electron chi connectivity index (χ2n) is 4.19. The van der Waals surface area contributed by atoms with Crippen LogP contribution in [0.15, 0.2) is 16.8 Å². The van der Waals surface area contributed by atoms with Gasteiger partial charge < -0.3 is 10.4 Å². The van der Waals surface area contributed by atoms with E-state index >= 15 is 0 Å². The quantitative estimate of drug-likeness (QED) is 0.874. The Bertz CT molecular complexity index is 479. The highest BCUT2D eigenvalue weighted by Crippen LogP contribution is 2.39. The van der Waals surface area contributed by atoms with E-state index in [1.165, 1.54) is 24.4 Å². The predicted molar refractivity (Wildman–Crippen MR) is 69.7 cm³/mol. The molecular weight excluding hydrogens is 254 g/mol. The maximum Gasteiger partial charge on any atom is 0.202 e. The van der Waals surface area contributed by atoms with E-state index in [1.54, 1.807) is 11.3 Å². The zero-order valence-electron chi connectivity index (χ0n) is 9.17. The molecule has 4 nitrogen and oxygen atoms in total. The third kappa shape index (κ3) is 2.65. The summed E-state index contributed by atoms with van der Waals surface area (Å²) in [5, 5.41) is 17.8. The van der Waals surface area contributed by atoms with Crippen molar-refractivity contribution in [3.63, 3.8) is 0 Å². The summed E-state index contributed by atoms with van der Waals surface area (Å²) in [6.07, 6.45) is 1.95. The van der Waals surface area contributed by atoms with Crippen molar-refractivity contribution in [3.05, 3.63) is 28.2 Å².